The highest BCUT2D eigenvalue weighted by atomic mass is 35.5. The number of carbonyl (C=O) groups excluding carboxylic acids is 2. The van der Waals surface area contributed by atoms with Gasteiger partial charge in [0.15, 0.2) is 23.2 Å². The molecule has 2 aromatic heterocycles. The van der Waals surface area contributed by atoms with Crippen molar-refractivity contribution in [1.82, 2.24) is 19.5 Å². The second-order valence-electron chi connectivity index (χ2n) is 9.46. The highest BCUT2D eigenvalue weighted by Crippen LogP contribution is 2.48. The third-order valence-corrected chi connectivity index (χ3v) is 8.45. The standard InChI is InChI=1S/C24H33ClN5O12P/c1-4-15-16(9-37-13-43(34,40-11-38-23(32)35-2)41-12-39-24(33)36-3)42-21(18(15)31)30-10-26-17-19(27-14-7-5-6-8-14)28-22(25)29-20(17)30/h4,10,14-16,18,21,31H,1,5-9,11-13H2,2-3H3,(H,27,28,29)/t15-,16-,18-,21-/m1/s1. The highest BCUT2D eigenvalue weighted by Gasteiger charge is 2.44. The number of carbonyl (C=O) groups is 2. The van der Waals surface area contributed by atoms with E-state index < -0.39 is 64.2 Å². The summed E-state index contributed by atoms with van der Waals surface area (Å²) in [6.07, 6.45) is 1.59. The Bertz CT molecular complexity index is 1300. The molecule has 238 valence electrons. The number of halogens is 1. The summed E-state index contributed by atoms with van der Waals surface area (Å²) < 4.78 is 54.3. The molecule has 2 aliphatic rings. The summed E-state index contributed by atoms with van der Waals surface area (Å²) in [5.41, 5.74) is 0.831. The molecule has 0 unspecified atom stereocenters. The second kappa shape index (κ2) is 15.1. The van der Waals surface area contributed by atoms with Crippen LogP contribution >= 0.6 is 19.2 Å². The number of anilines is 1. The van der Waals surface area contributed by atoms with E-state index in [-0.39, 0.29) is 17.9 Å². The molecular weight excluding hydrogens is 617 g/mol. The van der Waals surface area contributed by atoms with E-state index in [0.29, 0.717) is 17.0 Å². The van der Waals surface area contributed by atoms with Crippen molar-refractivity contribution >= 4 is 48.5 Å². The largest absolute Gasteiger partial charge is 0.510 e. The van der Waals surface area contributed by atoms with Gasteiger partial charge in [0.1, 0.15) is 12.5 Å². The van der Waals surface area contributed by atoms with Crippen LogP contribution in [-0.4, -0.2) is 95.9 Å². The zero-order chi connectivity index (χ0) is 31.0. The van der Waals surface area contributed by atoms with Crippen LogP contribution < -0.4 is 5.32 Å². The van der Waals surface area contributed by atoms with Gasteiger partial charge in [0.05, 0.1) is 33.3 Å². The predicted molar refractivity (Wildman–Crippen MR) is 147 cm³/mol. The molecule has 3 heterocycles. The van der Waals surface area contributed by atoms with Crippen molar-refractivity contribution in [1.29, 1.82) is 0 Å². The fourth-order valence-corrected chi connectivity index (χ4v) is 5.84. The van der Waals surface area contributed by atoms with Crippen LogP contribution in [0.1, 0.15) is 31.9 Å². The molecule has 19 heteroatoms. The van der Waals surface area contributed by atoms with Gasteiger partial charge < -0.3 is 38.8 Å². The van der Waals surface area contributed by atoms with Gasteiger partial charge in [-0.05, 0) is 24.4 Å². The Morgan fingerprint density at radius 2 is 1.84 bits per heavy atom. The molecular formula is C24H33ClN5O12P. The van der Waals surface area contributed by atoms with E-state index in [1.54, 1.807) is 4.57 Å². The van der Waals surface area contributed by atoms with Crippen LogP contribution in [0.5, 0.6) is 0 Å². The fraction of sp³-hybridized carbons (Fsp3) is 0.625. The van der Waals surface area contributed by atoms with Gasteiger partial charge in [-0.2, -0.15) is 9.97 Å². The molecule has 0 spiro atoms. The lowest BCUT2D eigenvalue weighted by Gasteiger charge is -2.20. The second-order valence-corrected chi connectivity index (χ2v) is 11.8. The number of imidazole rings is 1. The number of hydrogen-bond acceptors (Lipinski definition) is 16. The first-order chi connectivity index (χ1) is 20.7. The molecule has 4 rings (SSSR count). The lowest BCUT2D eigenvalue weighted by Crippen LogP contribution is -2.27. The van der Waals surface area contributed by atoms with Crippen LogP contribution in [0.4, 0.5) is 15.4 Å². The van der Waals surface area contributed by atoms with Gasteiger partial charge in [-0.15, -0.1) is 6.58 Å². The van der Waals surface area contributed by atoms with Gasteiger partial charge in [-0.25, -0.2) is 14.6 Å². The van der Waals surface area contributed by atoms with Crippen LogP contribution in [0, 0.1) is 5.92 Å². The van der Waals surface area contributed by atoms with Gasteiger partial charge in [0.2, 0.25) is 18.9 Å². The molecule has 1 saturated carbocycles. The van der Waals surface area contributed by atoms with Gasteiger partial charge in [0, 0.05) is 12.0 Å². The summed E-state index contributed by atoms with van der Waals surface area (Å²) >= 11 is 6.24. The summed E-state index contributed by atoms with van der Waals surface area (Å²) in [7, 11) is -2.01. The van der Waals surface area contributed by atoms with E-state index in [1.165, 1.54) is 12.4 Å². The summed E-state index contributed by atoms with van der Waals surface area (Å²) in [5, 5.41) is 14.5. The molecule has 2 fully saturated rings. The number of nitrogens with zero attached hydrogens (tertiary/aromatic N) is 4. The van der Waals surface area contributed by atoms with Crippen molar-refractivity contribution in [2.75, 3.05) is 46.1 Å². The summed E-state index contributed by atoms with van der Waals surface area (Å²) in [4.78, 5) is 35.5. The smallest absolute Gasteiger partial charge is 0.438 e. The molecule has 2 aromatic rings. The minimum atomic E-state index is -4.16. The van der Waals surface area contributed by atoms with E-state index in [0.717, 1.165) is 39.9 Å². The predicted octanol–water partition coefficient (Wildman–Crippen LogP) is 3.58. The third kappa shape index (κ3) is 8.32. The Balaban J connectivity index is 1.43. The van der Waals surface area contributed by atoms with Crippen molar-refractivity contribution in [3.05, 3.63) is 24.3 Å². The maximum atomic E-state index is 13.1. The first-order valence-electron chi connectivity index (χ1n) is 13.2. The number of aromatic nitrogens is 4. The number of methoxy groups -OCH3 is 2. The third-order valence-electron chi connectivity index (χ3n) is 6.78. The lowest BCUT2D eigenvalue weighted by atomic mass is 9.98. The van der Waals surface area contributed by atoms with Crippen LogP contribution in [0.25, 0.3) is 11.2 Å². The number of aliphatic hydroxyl groups is 1. The SMILES string of the molecule is C=C[C@H]1[C@@H](O)[C@H](n2cnc3c(NC4CCCC4)nc(Cl)nc32)O[C@@H]1COCP(=O)(OCOC(=O)OC)OCOC(=O)OC. The van der Waals surface area contributed by atoms with Crippen LogP contribution in [0.3, 0.4) is 0 Å². The van der Waals surface area contributed by atoms with E-state index in [1.807, 2.05) is 0 Å². The quantitative estimate of drug-likeness (QED) is 0.0987. The van der Waals surface area contributed by atoms with Crippen molar-refractivity contribution in [3.8, 4) is 0 Å². The Morgan fingerprint density at radius 3 is 2.44 bits per heavy atom. The molecule has 0 amide bonds. The lowest BCUT2D eigenvalue weighted by molar-refractivity contribution is -0.0603. The molecule has 17 nitrogen and oxygen atoms in total. The van der Waals surface area contributed by atoms with Crippen molar-refractivity contribution in [2.24, 2.45) is 5.92 Å². The topological polar surface area (TPSA) is 201 Å². The number of fused-ring (bicyclic) bond motifs is 1. The normalized spacial score (nSPS) is 22.4. The minimum Gasteiger partial charge on any atom is -0.438 e. The molecule has 1 saturated heterocycles. The molecule has 0 radical (unpaired) electrons. The van der Waals surface area contributed by atoms with Gasteiger partial charge in [0.25, 0.3) is 0 Å². The Morgan fingerprint density at radius 1 is 1.19 bits per heavy atom. The monoisotopic (exact) mass is 649 g/mol. The molecule has 1 aliphatic carbocycles. The number of nitrogens with one attached hydrogen (secondary N) is 1. The maximum Gasteiger partial charge on any atom is 0.510 e. The van der Waals surface area contributed by atoms with Crippen molar-refractivity contribution < 1.29 is 56.7 Å². The van der Waals surface area contributed by atoms with E-state index in [9.17, 15) is 19.3 Å². The van der Waals surface area contributed by atoms with Gasteiger partial charge >= 0.3 is 19.9 Å². The minimum absolute atomic E-state index is 0.00509. The molecule has 0 aromatic carbocycles. The molecule has 0 bridgehead atoms. The number of ether oxygens (including phenoxy) is 6. The Hall–Kier alpha value is -3.05. The number of hydrogen-bond donors (Lipinski definition) is 2. The summed E-state index contributed by atoms with van der Waals surface area (Å²) in [6, 6.07) is 0.252. The summed E-state index contributed by atoms with van der Waals surface area (Å²) in [5.74, 6) is -0.126. The van der Waals surface area contributed by atoms with Crippen LogP contribution in [-0.2, 0) is 42.0 Å². The maximum absolute atomic E-state index is 13.1. The summed E-state index contributed by atoms with van der Waals surface area (Å²) in [6.45, 7) is 1.97. The van der Waals surface area contributed by atoms with Gasteiger partial charge in [-0.1, -0.05) is 18.9 Å². The number of rotatable bonds is 14. The molecule has 2 N–H and O–H groups in total. The van der Waals surface area contributed by atoms with Crippen LogP contribution in [0.15, 0.2) is 19.0 Å². The molecule has 1 aliphatic heterocycles. The van der Waals surface area contributed by atoms with Crippen molar-refractivity contribution in [3.63, 3.8) is 0 Å². The molecule has 4 atom stereocenters. The highest BCUT2D eigenvalue weighted by molar-refractivity contribution is 7.53. The van der Waals surface area contributed by atoms with E-state index >= 15 is 0 Å². The Kier molecular flexibility index (Phi) is 11.5. The average Bonchev–Trinajstić information content (AvgIpc) is 3.72. The molecule has 43 heavy (non-hydrogen) atoms. The fourth-order valence-electron chi connectivity index (χ4n) is 4.69. The van der Waals surface area contributed by atoms with E-state index in [2.05, 4.69) is 45.8 Å². The van der Waals surface area contributed by atoms with E-state index in [4.69, 9.17) is 30.1 Å². The zero-order valence-electron chi connectivity index (χ0n) is 23.5. The zero-order valence-corrected chi connectivity index (χ0v) is 25.1. The van der Waals surface area contributed by atoms with Crippen LogP contribution in [0.2, 0.25) is 5.28 Å². The average molecular weight is 650 g/mol. The van der Waals surface area contributed by atoms with Crippen molar-refractivity contribution in [2.45, 2.75) is 50.2 Å². The first kappa shape index (κ1) is 32.9. The van der Waals surface area contributed by atoms with Gasteiger partial charge in [-0.3, -0.25) is 18.2 Å². The number of aliphatic hydroxyl groups excluding tert-OH is 1. The first-order valence-corrected chi connectivity index (χ1v) is 15.3. The Labute approximate surface area is 251 Å².